The Labute approximate surface area is 138 Å². The van der Waals surface area contributed by atoms with Crippen molar-refractivity contribution in [3.8, 4) is 0 Å². The Bertz CT molecular complexity index is 665. The van der Waals surface area contributed by atoms with Crippen molar-refractivity contribution in [2.75, 3.05) is 13.3 Å². The van der Waals surface area contributed by atoms with Gasteiger partial charge in [-0.2, -0.15) is 8.78 Å². The fourth-order valence-corrected chi connectivity index (χ4v) is 3.67. The zero-order valence-corrected chi connectivity index (χ0v) is 15.4. The van der Waals surface area contributed by atoms with Gasteiger partial charge in [-0.05, 0) is 18.1 Å². The average molecular weight is 417 g/mol. The molecule has 0 bridgehead atoms. The van der Waals surface area contributed by atoms with E-state index in [-0.39, 0.29) is 16.5 Å². The Balaban J connectivity index is 3.04. The van der Waals surface area contributed by atoms with Crippen LogP contribution in [0.4, 0.5) is 8.78 Å². The first-order valence-electron chi connectivity index (χ1n) is 6.08. The highest BCUT2D eigenvalue weighted by Gasteiger charge is 2.28. The predicted molar refractivity (Wildman–Crippen MR) is 87.3 cm³/mol. The second-order valence-electron chi connectivity index (χ2n) is 4.70. The van der Waals surface area contributed by atoms with E-state index in [0.29, 0.717) is 5.56 Å². The van der Waals surface area contributed by atoms with Crippen molar-refractivity contribution >= 4 is 41.1 Å². The highest BCUT2D eigenvalue weighted by Crippen LogP contribution is 2.39. The minimum atomic E-state index is -3.59. The molecule has 0 saturated carbocycles. The van der Waals surface area contributed by atoms with Crippen LogP contribution in [0.3, 0.4) is 0 Å². The Kier molecular flexibility index (Phi) is 6.44. The molecule has 0 aromatic heterocycles. The average Bonchev–Trinajstić information content (AvgIpc) is 2.33. The van der Waals surface area contributed by atoms with Crippen molar-refractivity contribution in [1.82, 2.24) is 10.0 Å². The molecule has 0 aliphatic carbocycles. The third kappa shape index (κ3) is 5.87. The molecule has 124 valence electrons. The van der Waals surface area contributed by atoms with Crippen LogP contribution in [0.1, 0.15) is 11.1 Å². The Morgan fingerprint density at radius 3 is 2.45 bits per heavy atom. The topological polar surface area (TPSA) is 75.3 Å². The SMILES string of the molecule is CNC(=O)C(Cc1ccc(C(F)(F)P)c(Br)c1)NS(C)(=O)=O. The zero-order chi connectivity index (χ0) is 17.1. The van der Waals surface area contributed by atoms with E-state index in [2.05, 4.69) is 26.0 Å². The van der Waals surface area contributed by atoms with Crippen LogP contribution in [-0.2, 0) is 26.9 Å². The molecule has 1 aromatic carbocycles. The minimum absolute atomic E-state index is 0.0358. The lowest BCUT2D eigenvalue weighted by Gasteiger charge is -2.18. The number of rotatable bonds is 6. The van der Waals surface area contributed by atoms with Crippen LogP contribution >= 0.6 is 25.2 Å². The number of likely N-dealkylation sites (N-methyl/N-ethyl adjacent to an activating group) is 1. The number of halogens is 3. The molecule has 0 radical (unpaired) electrons. The van der Waals surface area contributed by atoms with Gasteiger partial charge in [-0.25, -0.2) is 13.1 Å². The molecule has 0 fully saturated rings. The van der Waals surface area contributed by atoms with E-state index < -0.39 is 27.6 Å². The third-order valence-corrected chi connectivity index (χ3v) is 4.43. The third-order valence-electron chi connectivity index (χ3n) is 2.75. The number of hydrogen-bond acceptors (Lipinski definition) is 3. The first-order valence-corrected chi connectivity index (χ1v) is 9.34. The number of sulfonamides is 1. The molecule has 1 amide bonds. The second-order valence-corrected chi connectivity index (χ2v) is 8.06. The van der Waals surface area contributed by atoms with Crippen LogP contribution in [-0.4, -0.2) is 33.7 Å². The monoisotopic (exact) mass is 416 g/mol. The van der Waals surface area contributed by atoms with E-state index >= 15 is 0 Å². The molecule has 0 heterocycles. The normalized spacial score (nSPS) is 13.7. The van der Waals surface area contributed by atoms with Gasteiger partial charge in [0, 0.05) is 17.1 Å². The largest absolute Gasteiger partial charge is 0.358 e. The molecule has 1 rings (SSSR count). The number of nitrogens with one attached hydrogen (secondary N) is 2. The van der Waals surface area contributed by atoms with Crippen molar-refractivity contribution in [1.29, 1.82) is 0 Å². The van der Waals surface area contributed by atoms with Gasteiger partial charge in [0.2, 0.25) is 15.9 Å². The highest BCUT2D eigenvalue weighted by molar-refractivity contribution is 9.10. The van der Waals surface area contributed by atoms with Gasteiger partial charge < -0.3 is 5.32 Å². The highest BCUT2D eigenvalue weighted by atomic mass is 79.9. The summed E-state index contributed by atoms with van der Waals surface area (Å²) in [4.78, 5) is 11.7. The number of hydrogen-bond donors (Lipinski definition) is 2. The van der Waals surface area contributed by atoms with E-state index in [9.17, 15) is 22.0 Å². The summed E-state index contributed by atoms with van der Waals surface area (Å²) in [5.74, 6) is -0.512. The number of carbonyl (C=O) groups is 1. The standard InChI is InChI=1S/C12H16BrF2N2O3PS/c1-16-11(18)10(17-22(2,19)20)6-7-3-4-8(9(13)5-7)12(14,15)21/h3-5,10,17H,6,21H2,1-2H3,(H,16,18). The molecule has 1 aromatic rings. The van der Waals surface area contributed by atoms with Gasteiger partial charge in [0.05, 0.1) is 6.26 Å². The first-order chi connectivity index (χ1) is 9.94. The number of alkyl halides is 2. The van der Waals surface area contributed by atoms with Gasteiger partial charge in [-0.3, -0.25) is 4.79 Å². The van der Waals surface area contributed by atoms with E-state index in [1.54, 1.807) is 0 Å². The maximum absolute atomic E-state index is 13.3. The number of benzene rings is 1. The summed E-state index contributed by atoms with van der Waals surface area (Å²) < 4.78 is 51.6. The Morgan fingerprint density at radius 2 is 2.05 bits per heavy atom. The molecule has 0 spiro atoms. The summed E-state index contributed by atoms with van der Waals surface area (Å²) in [6, 6.07) is 3.08. The summed E-state index contributed by atoms with van der Waals surface area (Å²) in [6.07, 6.45) is 0.977. The summed E-state index contributed by atoms with van der Waals surface area (Å²) in [6.45, 7) is 0. The fraction of sp³-hybridized carbons (Fsp3) is 0.417. The quantitative estimate of drug-likeness (QED) is 0.691. The molecule has 2 N–H and O–H groups in total. The molecule has 2 unspecified atom stereocenters. The Morgan fingerprint density at radius 1 is 1.45 bits per heavy atom. The molecule has 10 heteroatoms. The van der Waals surface area contributed by atoms with Gasteiger partial charge in [-0.1, -0.05) is 37.3 Å². The van der Waals surface area contributed by atoms with Gasteiger partial charge in [-0.15, -0.1) is 0 Å². The van der Waals surface area contributed by atoms with E-state index in [4.69, 9.17) is 0 Å². The maximum atomic E-state index is 13.3. The van der Waals surface area contributed by atoms with Crippen molar-refractivity contribution in [2.45, 2.75) is 18.1 Å². The van der Waals surface area contributed by atoms with Crippen LogP contribution in [0, 0.1) is 0 Å². The van der Waals surface area contributed by atoms with Crippen molar-refractivity contribution < 1.29 is 22.0 Å². The van der Waals surface area contributed by atoms with Crippen LogP contribution < -0.4 is 10.0 Å². The van der Waals surface area contributed by atoms with Crippen molar-refractivity contribution in [3.63, 3.8) is 0 Å². The van der Waals surface area contributed by atoms with Crippen molar-refractivity contribution in [2.24, 2.45) is 0 Å². The zero-order valence-electron chi connectivity index (χ0n) is 11.9. The van der Waals surface area contributed by atoms with E-state index in [1.165, 1.54) is 34.5 Å². The molecule has 22 heavy (non-hydrogen) atoms. The molecular weight excluding hydrogens is 401 g/mol. The van der Waals surface area contributed by atoms with Gasteiger partial charge in [0.1, 0.15) is 6.04 Å². The molecule has 0 saturated heterocycles. The smallest absolute Gasteiger partial charge is 0.284 e. The van der Waals surface area contributed by atoms with E-state index in [0.717, 1.165) is 6.26 Å². The summed E-state index contributed by atoms with van der Waals surface area (Å²) in [7, 11) is -0.761. The lowest BCUT2D eigenvalue weighted by molar-refractivity contribution is -0.122. The van der Waals surface area contributed by atoms with Gasteiger partial charge >= 0.3 is 0 Å². The second kappa shape index (κ2) is 7.29. The summed E-state index contributed by atoms with van der Waals surface area (Å²) in [5, 5.41) is 2.36. The van der Waals surface area contributed by atoms with Crippen LogP contribution in [0.5, 0.6) is 0 Å². The van der Waals surface area contributed by atoms with Crippen LogP contribution in [0.15, 0.2) is 22.7 Å². The van der Waals surface area contributed by atoms with Gasteiger partial charge in [0.15, 0.2) is 0 Å². The summed E-state index contributed by atoms with van der Waals surface area (Å²) in [5.41, 5.74) is -2.76. The Hall–Kier alpha value is -0.630. The van der Waals surface area contributed by atoms with Crippen LogP contribution in [0.25, 0.3) is 0 Å². The lowest BCUT2D eigenvalue weighted by Crippen LogP contribution is -2.46. The molecule has 5 nitrogen and oxygen atoms in total. The van der Waals surface area contributed by atoms with E-state index in [1.807, 2.05) is 0 Å². The minimum Gasteiger partial charge on any atom is -0.358 e. The molecule has 0 aliphatic rings. The van der Waals surface area contributed by atoms with Crippen molar-refractivity contribution in [3.05, 3.63) is 33.8 Å². The molecular formula is C12H16BrF2N2O3PS. The predicted octanol–water partition coefficient (Wildman–Crippen LogP) is 1.58. The number of amides is 1. The van der Waals surface area contributed by atoms with Crippen LogP contribution in [0.2, 0.25) is 0 Å². The molecule has 2 atom stereocenters. The maximum Gasteiger partial charge on any atom is 0.284 e. The lowest BCUT2D eigenvalue weighted by atomic mass is 10.0. The fourth-order valence-electron chi connectivity index (χ4n) is 1.81. The first kappa shape index (κ1) is 19.4. The van der Waals surface area contributed by atoms with Gasteiger partial charge in [0.25, 0.3) is 5.66 Å². The summed E-state index contributed by atoms with van der Waals surface area (Å²) >= 11 is 3.06. The molecule has 0 aliphatic heterocycles. The number of carbonyl (C=O) groups excluding carboxylic acids is 1.